The van der Waals surface area contributed by atoms with Gasteiger partial charge in [-0.2, -0.15) is 26.3 Å². The van der Waals surface area contributed by atoms with Gasteiger partial charge in [0.1, 0.15) is 5.70 Å². The zero-order valence-corrected chi connectivity index (χ0v) is 40.5. The van der Waals surface area contributed by atoms with Gasteiger partial charge in [0.25, 0.3) is 11.8 Å². The molecule has 1 aliphatic heterocycles. The Balaban J connectivity index is 2.11. The number of esters is 2. The van der Waals surface area contributed by atoms with Gasteiger partial charge in [-0.15, -0.1) is 23.5 Å². The molecule has 2 aromatic rings. The first-order valence-corrected chi connectivity index (χ1v) is 23.6. The number of aliphatic imine (C=N–C) groups is 3. The van der Waals surface area contributed by atoms with Gasteiger partial charge in [-0.1, -0.05) is 12.5 Å². The Bertz CT molecular complexity index is 2440. The van der Waals surface area contributed by atoms with E-state index in [1.54, 1.807) is 6.92 Å². The summed E-state index contributed by atoms with van der Waals surface area (Å²) < 4.78 is 96.0. The van der Waals surface area contributed by atoms with Crippen LogP contribution in [0.2, 0.25) is 0 Å². The van der Waals surface area contributed by atoms with E-state index in [-0.39, 0.29) is 115 Å². The molecule has 4 amide bonds. The molecule has 19 nitrogen and oxygen atoms in total. The van der Waals surface area contributed by atoms with Crippen LogP contribution in [-0.2, 0) is 50.6 Å². The largest absolute Gasteiger partial charge is 0.469 e. The highest BCUT2D eigenvalue weighted by Gasteiger charge is 2.35. The molecule has 3 rings (SSSR count). The van der Waals surface area contributed by atoms with E-state index in [0.717, 1.165) is 43.8 Å². The van der Waals surface area contributed by atoms with Crippen LogP contribution >= 0.6 is 23.5 Å². The molecule has 388 valence electrons. The number of carbonyl (C=O) groups is 6. The number of rotatable bonds is 25. The van der Waals surface area contributed by atoms with E-state index in [9.17, 15) is 55.1 Å². The Labute approximate surface area is 412 Å². The summed E-state index contributed by atoms with van der Waals surface area (Å²) in [5, 5.41) is 9.80. The third-order valence-corrected chi connectivity index (χ3v) is 12.1. The van der Waals surface area contributed by atoms with Crippen LogP contribution in [0.1, 0.15) is 82.3 Å². The Kier molecular flexibility index (Phi) is 23.2. The van der Waals surface area contributed by atoms with Crippen molar-refractivity contribution < 1.29 is 64.6 Å². The van der Waals surface area contributed by atoms with Crippen molar-refractivity contribution in [2.24, 2.45) is 37.9 Å². The van der Waals surface area contributed by atoms with Crippen molar-refractivity contribution in [3.05, 3.63) is 58.3 Å². The minimum atomic E-state index is -5.00. The number of benzene rings is 2. The Morgan fingerprint density at radius 3 is 1.42 bits per heavy atom. The Morgan fingerprint density at radius 2 is 1.04 bits per heavy atom. The maximum absolute atomic E-state index is 14.5. The second-order valence-electron chi connectivity index (χ2n) is 15.1. The van der Waals surface area contributed by atoms with E-state index in [1.807, 2.05) is 0 Å². The molecule has 0 atom stereocenters. The first-order chi connectivity index (χ1) is 33.5. The number of alkyl halides is 6. The number of carbonyl (C=O) groups excluding carboxylic acids is 6. The number of nitrogens with two attached hydrogens (primary N) is 4. The molecule has 71 heavy (non-hydrogen) atoms. The summed E-state index contributed by atoms with van der Waals surface area (Å²) in [6, 6.07) is 2.59. The number of ether oxygens (including phenoxy) is 2. The minimum absolute atomic E-state index is 0.0549. The van der Waals surface area contributed by atoms with Crippen LogP contribution in [0.4, 0.5) is 49.1 Å². The standard InChI is InChI=1S/C44H55F6N11O8S2/c1-4-24-11-16-55-32(40(67)61-31-22-26(44(48,49)50)20-29(38(31)71-18-13-36(65)69-3)59-34(63)10-6-8-15-57-42(53)54)23-27(24)39(66)60-30-21-25(43(45,46)47)19-28(37(30)70-17-12-35(64)68-2)58-33(62)9-5-7-14-56-41(51)52/h16,19-23H,4-15,17-18H2,1-3H3,(H,58,62)(H,59,63)(H,60,66)(H,61,67)(H4,51,52,56)(H4,53,54,57). The fourth-order valence-corrected chi connectivity index (χ4v) is 8.29. The number of hydrogen-bond donors (Lipinski definition) is 8. The van der Waals surface area contributed by atoms with E-state index >= 15 is 0 Å². The van der Waals surface area contributed by atoms with Crippen LogP contribution in [0.3, 0.4) is 0 Å². The number of methoxy groups -OCH3 is 2. The van der Waals surface area contributed by atoms with Crippen LogP contribution in [0.25, 0.3) is 0 Å². The van der Waals surface area contributed by atoms with E-state index in [0.29, 0.717) is 42.7 Å². The summed E-state index contributed by atoms with van der Waals surface area (Å²) in [6.07, 6.45) is -7.17. The molecule has 0 spiro atoms. The smallest absolute Gasteiger partial charge is 0.416 e. The summed E-state index contributed by atoms with van der Waals surface area (Å²) in [5.41, 5.74) is 16.7. The summed E-state index contributed by atoms with van der Waals surface area (Å²) in [7, 11) is 2.27. The van der Waals surface area contributed by atoms with Gasteiger partial charge >= 0.3 is 24.3 Å². The molecule has 2 aromatic carbocycles. The normalized spacial score (nSPS) is 12.5. The quantitative estimate of drug-likeness (QED) is 0.0133. The molecule has 0 saturated heterocycles. The zero-order chi connectivity index (χ0) is 52.9. The molecule has 0 unspecified atom stereocenters. The molecule has 12 N–H and O–H groups in total. The van der Waals surface area contributed by atoms with Crippen LogP contribution in [-0.4, -0.2) is 92.5 Å². The number of nitrogens with zero attached hydrogens (tertiary/aromatic N) is 3. The Morgan fingerprint density at radius 1 is 0.634 bits per heavy atom. The highest BCUT2D eigenvalue weighted by Crippen LogP contribution is 2.43. The lowest BCUT2D eigenvalue weighted by Crippen LogP contribution is -2.23. The maximum Gasteiger partial charge on any atom is 0.416 e. The Hall–Kier alpha value is -6.77. The maximum atomic E-state index is 14.5. The molecule has 0 aliphatic carbocycles. The van der Waals surface area contributed by atoms with Crippen LogP contribution in [0, 0.1) is 0 Å². The highest BCUT2D eigenvalue weighted by molar-refractivity contribution is 7.99. The average Bonchev–Trinajstić information content (AvgIpc) is 3.52. The lowest BCUT2D eigenvalue weighted by molar-refractivity contribution is -0.141. The van der Waals surface area contributed by atoms with E-state index in [1.165, 1.54) is 6.21 Å². The van der Waals surface area contributed by atoms with Crippen LogP contribution < -0.4 is 44.2 Å². The van der Waals surface area contributed by atoms with Gasteiger partial charge < -0.3 is 53.7 Å². The van der Waals surface area contributed by atoms with Crippen LogP contribution in [0.15, 0.2) is 72.0 Å². The third-order valence-electron chi connectivity index (χ3n) is 9.78. The van der Waals surface area contributed by atoms with Crippen molar-refractivity contribution in [3.8, 4) is 0 Å². The highest BCUT2D eigenvalue weighted by atomic mass is 32.2. The molecule has 0 aromatic heterocycles. The topological polar surface area (TPSA) is 310 Å². The van der Waals surface area contributed by atoms with Crippen molar-refractivity contribution >= 4 is 100.0 Å². The number of unbranched alkanes of at least 4 members (excludes halogenated alkanes) is 2. The molecule has 0 fully saturated rings. The number of guanidine groups is 2. The summed E-state index contributed by atoms with van der Waals surface area (Å²) in [5.74, 6) is -5.35. The molecule has 1 heterocycles. The molecule has 0 radical (unpaired) electrons. The number of anilines is 4. The third kappa shape index (κ3) is 19.9. The SMILES string of the molecule is CCC1=C(C(=O)Nc2cc(C(F)(F)F)cc(NC(=O)CCCCN=C(N)N)c2SCCC(=O)OC)C=C(C(=O)Nc2cc(C(F)(F)F)cc(NC(=O)CCCCN=C(N)N)c2SCCC(=O)OC)N=CC1. The second-order valence-corrected chi connectivity index (χ2v) is 17.3. The van der Waals surface area contributed by atoms with Crippen molar-refractivity contribution in [2.75, 3.05) is 60.1 Å². The first kappa shape index (κ1) is 58.5. The lowest BCUT2D eigenvalue weighted by atomic mass is 10.0. The number of nitrogens with one attached hydrogen (secondary N) is 4. The van der Waals surface area contributed by atoms with Gasteiger partial charge in [-0.25, -0.2) is 0 Å². The van der Waals surface area contributed by atoms with Crippen LogP contribution in [0.5, 0.6) is 0 Å². The predicted molar refractivity (Wildman–Crippen MR) is 260 cm³/mol. The van der Waals surface area contributed by atoms with E-state index in [2.05, 4.69) is 45.7 Å². The van der Waals surface area contributed by atoms with E-state index in [4.69, 9.17) is 22.9 Å². The number of amides is 4. The molecule has 0 saturated carbocycles. The van der Waals surface area contributed by atoms with Gasteiger partial charge in [0.2, 0.25) is 11.8 Å². The van der Waals surface area contributed by atoms with Crippen molar-refractivity contribution in [1.82, 2.24) is 0 Å². The molecular weight excluding hydrogens is 989 g/mol. The minimum Gasteiger partial charge on any atom is -0.469 e. The van der Waals surface area contributed by atoms with Gasteiger partial charge in [0.15, 0.2) is 11.9 Å². The molecular formula is C44H55F6N11O8S2. The zero-order valence-electron chi connectivity index (χ0n) is 38.9. The van der Waals surface area contributed by atoms with Crippen molar-refractivity contribution in [1.29, 1.82) is 0 Å². The molecule has 27 heteroatoms. The number of hydrogen-bond acceptors (Lipinski definition) is 13. The number of allylic oxidation sites excluding steroid dienone is 1. The van der Waals surface area contributed by atoms with Crippen molar-refractivity contribution in [3.63, 3.8) is 0 Å². The van der Waals surface area contributed by atoms with Gasteiger partial charge in [0.05, 0.1) is 70.7 Å². The fourth-order valence-electron chi connectivity index (χ4n) is 6.28. The van der Waals surface area contributed by atoms with Gasteiger partial charge in [-0.3, -0.25) is 43.7 Å². The second kappa shape index (κ2) is 28.2. The monoisotopic (exact) mass is 1040 g/mol. The van der Waals surface area contributed by atoms with E-state index < -0.39 is 76.1 Å². The lowest BCUT2D eigenvalue weighted by Gasteiger charge is -2.20. The molecule has 1 aliphatic rings. The summed E-state index contributed by atoms with van der Waals surface area (Å²) in [4.78, 5) is 90.3. The molecule has 0 bridgehead atoms. The predicted octanol–water partition coefficient (Wildman–Crippen LogP) is 6.44. The van der Waals surface area contributed by atoms with Gasteiger partial charge in [-0.05, 0) is 62.4 Å². The number of thioether (sulfide) groups is 2. The summed E-state index contributed by atoms with van der Waals surface area (Å²) >= 11 is 1.65. The number of halogens is 6. The van der Waals surface area contributed by atoms with Gasteiger partial charge in [0, 0.05) is 55.6 Å². The first-order valence-electron chi connectivity index (χ1n) is 21.7. The summed E-state index contributed by atoms with van der Waals surface area (Å²) in [6.45, 7) is 2.03. The van der Waals surface area contributed by atoms with Crippen molar-refractivity contribution in [2.45, 2.75) is 93.3 Å². The average molecular weight is 1040 g/mol. The fraction of sp³-hybridized carbons (Fsp3) is 0.432.